The van der Waals surface area contributed by atoms with Crippen LogP contribution in [0, 0.1) is 0 Å². The Labute approximate surface area is 70.5 Å². The zero-order valence-corrected chi connectivity index (χ0v) is 6.95. The van der Waals surface area contributed by atoms with Gasteiger partial charge in [-0.2, -0.15) is 5.10 Å². The van der Waals surface area contributed by atoms with E-state index in [1.807, 2.05) is 6.92 Å². The summed E-state index contributed by atoms with van der Waals surface area (Å²) in [6.45, 7) is 2.73. The minimum absolute atomic E-state index is 0.0550. The minimum atomic E-state index is -0.0550. The molecule has 3 N–H and O–H groups in total. The SMILES string of the molecule is CCNC(=O)Cn1ccc(N)n1. The van der Waals surface area contributed by atoms with Gasteiger partial charge in [0.05, 0.1) is 0 Å². The molecule has 0 saturated heterocycles. The fourth-order valence-electron chi connectivity index (χ4n) is 0.866. The lowest BCUT2D eigenvalue weighted by molar-refractivity contribution is -0.121. The molecule has 5 nitrogen and oxygen atoms in total. The smallest absolute Gasteiger partial charge is 0.241 e. The molecule has 0 aliphatic carbocycles. The number of rotatable bonds is 3. The van der Waals surface area contributed by atoms with Gasteiger partial charge in [-0.15, -0.1) is 0 Å². The van der Waals surface area contributed by atoms with Crippen LogP contribution in [0.5, 0.6) is 0 Å². The highest BCUT2D eigenvalue weighted by Gasteiger charge is 2.00. The van der Waals surface area contributed by atoms with E-state index in [2.05, 4.69) is 10.4 Å². The third-order valence-electron chi connectivity index (χ3n) is 1.34. The Morgan fingerprint density at radius 3 is 3.08 bits per heavy atom. The Bertz CT molecular complexity index is 268. The Hall–Kier alpha value is -1.52. The molecule has 66 valence electrons. The summed E-state index contributed by atoms with van der Waals surface area (Å²) in [4.78, 5) is 11.0. The predicted octanol–water partition coefficient (Wildman–Crippen LogP) is -0.399. The van der Waals surface area contributed by atoms with Gasteiger partial charge in [0.1, 0.15) is 12.4 Å². The molecule has 0 radical (unpaired) electrons. The number of carbonyl (C=O) groups is 1. The quantitative estimate of drug-likeness (QED) is 0.645. The van der Waals surface area contributed by atoms with Crippen LogP contribution in [0.4, 0.5) is 5.82 Å². The van der Waals surface area contributed by atoms with Gasteiger partial charge < -0.3 is 11.1 Å². The van der Waals surface area contributed by atoms with Gasteiger partial charge in [-0.25, -0.2) is 0 Å². The Morgan fingerprint density at radius 1 is 1.83 bits per heavy atom. The number of carbonyl (C=O) groups excluding carboxylic acids is 1. The van der Waals surface area contributed by atoms with Gasteiger partial charge in [0, 0.05) is 12.7 Å². The summed E-state index contributed by atoms with van der Waals surface area (Å²) < 4.78 is 1.50. The number of anilines is 1. The highest BCUT2D eigenvalue weighted by Crippen LogP contribution is 1.94. The van der Waals surface area contributed by atoms with Crippen LogP contribution in [0.2, 0.25) is 0 Å². The van der Waals surface area contributed by atoms with Crippen LogP contribution in [0.3, 0.4) is 0 Å². The average molecular weight is 168 g/mol. The largest absolute Gasteiger partial charge is 0.382 e. The summed E-state index contributed by atoms with van der Waals surface area (Å²) in [6.07, 6.45) is 1.67. The van der Waals surface area contributed by atoms with E-state index in [1.165, 1.54) is 4.68 Å². The number of aromatic nitrogens is 2. The topological polar surface area (TPSA) is 72.9 Å². The molecule has 0 atom stereocenters. The molecule has 0 spiro atoms. The standard InChI is InChI=1S/C7H12N4O/c1-2-9-7(12)5-11-4-3-6(8)10-11/h3-4H,2,5H2,1H3,(H2,8,10)(H,9,12). The number of nitrogens with one attached hydrogen (secondary N) is 1. The Kier molecular flexibility index (Phi) is 2.68. The van der Waals surface area contributed by atoms with Crippen molar-refractivity contribution in [1.82, 2.24) is 15.1 Å². The number of amides is 1. The van der Waals surface area contributed by atoms with Crippen LogP contribution in [0.1, 0.15) is 6.92 Å². The van der Waals surface area contributed by atoms with Crippen molar-refractivity contribution in [1.29, 1.82) is 0 Å². The molecule has 5 heteroatoms. The zero-order chi connectivity index (χ0) is 8.97. The van der Waals surface area contributed by atoms with Crippen molar-refractivity contribution in [2.45, 2.75) is 13.5 Å². The second kappa shape index (κ2) is 3.75. The van der Waals surface area contributed by atoms with Crippen molar-refractivity contribution in [3.8, 4) is 0 Å². The Balaban J connectivity index is 2.46. The third kappa shape index (κ3) is 2.26. The Morgan fingerprint density at radius 2 is 2.58 bits per heavy atom. The van der Waals surface area contributed by atoms with E-state index in [-0.39, 0.29) is 12.5 Å². The van der Waals surface area contributed by atoms with Crippen LogP contribution in [0.15, 0.2) is 12.3 Å². The van der Waals surface area contributed by atoms with E-state index in [4.69, 9.17) is 5.73 Å². The minimum Gasteiger partial charge on any atom is -0.382 e. The molecular weight excluding hydrogens is 156 g/mol. The summed E-state index contributed by atoms with van der Waals surface area (Å²) in [7, 11) is 0. The maximum absolute atomic E-state index is 11.0. The van der Waals surface area contributed by atoms with Crippen molar-refractivity contribution >= 4 is 11.7 Å². The molecule has 0 aromatic carbocycles. The molecule has 0 bridgehead atoms. The fourth-order valence-corrected chi connectivity index (χ4v) is 0.866. The molecule has 0 aliphatic heterocycles. The van der Waals surface area contributed by atoms with E-state index in [0.29, 0.717) is 12.4 Å². The molecule has 12 heavy (non-hydrogen) atoms. The third-order valence-corrected chi connectivity index (χ3v) is 1.34. The molecule has 0 unspecified atom stereocenters. The number of nitrogens with zero attached hydrogens (tertiary/aromatic N) is 2. The first-order valence-corrected chi connectivity index (χ1v) is 3.78. The molecule has 1 aromatic heterocycles. The summed E-state index contributed by atoms with van der Waals surface area (Å²) in [5, 5.41) is 6.53. The lowest BCUT2D eigenvalue weighted by atomic mass is 10.5. The first kappa shape index (κ1) is 8.58. The van der Waals surface area contributed by atoms with E-state index in [1.54, 1.807) is 12.3 Å². The van der Waals surface area contributed by atoms with Crippen LogP contribution < -0.4 is 11.1 Å². The second-order valence-electron chi connectivity index (χ2n) is 2.39. The van der Waals surface area contributed by atoms with Gasteiger partial charge in [-0.1, -0.05) is 0 Å². The highest BCUT2D eigenvalue weighted by atomic mass is 16.2. The molecule has 0 aliphatic rings. The predicted molar refractivity (Wildman–Crippen MR) is 45.3 cm³/mol. The molecule has 1 amide bonds. The van der Waals surface area contributed by atoms with E-state index >= 15 is 0 Å². The van der Waals surface area contributed by atoms with Crippen molar-refractivity contribution in [2.24, 2.45) is 0 Å². The maximum Gasteiger partial charge on any atom is 0.241 e. The number of nitrogens with two attached hydrogens (primary N) is 1. The van der Waals surface area contributed by atoms with Crippen LogP contribution >= 0.6 is 0 Å². The van der Waals surface area contributed by atoms with E-state index in [0.717, 1.165) is 0 Å². The van der Waals surface area contributed by atoms with Gasteiger partial charge in [-0.05, 0) is 13.0 Å². The lowest BCUT2D eigenvalue weighted by Crippen LogP contribution is -2.27. The number of likely N-dealkylation sites (N-methyl/N-ethyl adjacent to an activating group) is 1. The normalized spacial score (nSPS) is 9.75. The first-order valence-electron chi connectivity index (χ1n) is 3.78. The maximum atomic E-state index is 11.0. The second-order valence-corrected chi connectivity index (χ2v) is 2.39. The summed E-state index contributed by atoms with van der Waals surface area (Å²) in [6, 6.07) is 1.65. The van der Waals surface area contributed by atoms with Crippen LogP contribution in [-0.4, -0.2) is 22.2 Å². The van der Waals surface area contributed by atoms with Gasteiger partial charge in [0.15, 0.2) is 0 Å². The van der Waals surface area contributed by atoms with E-state index < -0.39 is 0 Å². The fraction of sp³-hybridized carbons (Fsp3) is 0.429. The highest BCUT2D eigenvalue weighted by molar-refractivity contribution is 5.75. The van der Waals surface area contributed by atoms with E-state index in [9.17, 15) is 4.79 Å². The van der Waals surface area contributed by atoms with Crippen LogP contribution in [0.25, 0.3) is 0 Å². The number of hydrogen-bond donors (Lipinski definition) is 2. The average Bonchev–Trinajstić information content (AvgIpc) is 2.36. The van der Waals surface area contributed by atoms with Gasteiger partial charge in [-0.3, -0.25) is 9.48 Å². The lowest BCUT2D eigenvalue weighted by Gasteiger charge is -2.00. The number of nitrogen functional groups attached to an aromatic ring is 1. The first-order chi connectivity index (χ1) is 5.72. The molecule has 1 aromatic rings. The molecular formula is C7H12N4O. The van der Waals surface area contributed by atoms with Crippen molar-refractivity contribution in [3.63, 3.8) is 0 Å². The van der Waals surface area contributed by atoms with Crippen molar-refractivity contribution in [2.75, 3.05) is 12.3 Å². The summed E-state index contributed by atoms with van der Waals surface area (Å²) in [5.74, 6) is 0.375. The number of hydrogen-bond acceptors (Lipinski definition) is 3. The van der Waals surface area contributed by atoms with Crippen molar-refractivity contribution in [3.05, 3.63) is 12.3 Å². The zero-order valence-electron chi connectivity index (χ0n) is 6.95. The summed E-state index contributed by atoms with van der Waals surface area (Å²) >= 11 is 0. The molecule has 1 heterocycles. The molecule has 1 rings (SSSR count). The van der Waals surface area contributed by atoms with Gasteiger partial charge in [0.2, 0.25) is 5.91 Å². The monoisotopic (exact) mass is 168 g/mol. The molecule has 0 saturated carbocycles. The van der Waals surface area contributed by atoms with Crippen molar-refractivity contribution < 1.29 is 4.79 Å². The summed E-state index contributed by atoms with van der Waals surface area (Å²) in [5.41, 5.74) is 5.36. The van der Waals surface area contributed by atoms with Gasteiger partial charge >= 0.3 is 0 Å². The van der Waals surface area contributed by atoms with Crippen LogP contribution in [-0.2, 0) is 11.3 Å². The molecule has 0 fully saturated rings. The van der Waals surface area contributed by atoms with Gasteiger partial charge in [0.25, 0.3) is 0 Å².